The minimum absolute atomic E-state index is 0.174. The number of nitriles is 1. The first kappa shape index (κ1) is 11.7. The maximum Gasteiger partial charge on any atom is 0.347 e. The standard InChI is InChI=1S/C5H5NO2.C4H8O/c1-4(3-6)5(7)8-2;1-2-4-5-3-1/h1H2,2H3;1-4H2. The summed E-state index contributed by atoms with van der Waals surface area (Å²) in [6.07, 6.45) is 2.56. The summed E-state index contributed by atoms with van der Waals surface area (Å²) in [5.74, 6) is -0.674. The van der Waals surface area contributed by atoms with Crippen LogP contribution in [0.3, 0.4) is 0 Å². The number of methoxy groups -OCH3 is 1. The van der Waals surface area contributed by atoms with Gasteiger partial charge in [-0.25, -0.2) is 4.79 Å². The third-order valence-electron chi connectivity index (χ3n) is 1.39. The zero-order valence-electron chi connectivity index (χ0n) is 7.71. The van der Waals surface area contributed by atoms with Crippen LogP contribution in [0.5, 0.6) is 0 Å². The van der Waals surface area contributed by atoms with Crippen LogP contribution < -0.4 is 0 Å². The summed E-state index contributed by atoms with van der Waals surface area (Å²) in [4.78, 5) is 10.2. The monoisotopic (exact) mass is 183 g/mol. The van der Waals surface area contributed by atoms with Crippen LogP contribution in [0.15, 0.2) is 12.2 Å². The molecule has 4 nitrogen and oxygen atoms in total. The lowest BCUT2D eigenvalue weighted by atomic mass is 10.3. The van der Waals surface area contributed by atoms with Crippen LogP contribution in [0.1, 0.15) is 12.8 Å². The number of carbonyl (C=O) groups excluding carboxylic acids is 1. The molecule has 0 spiro atoms. The van der Waals surface area contributed by atoms with Crippen molar-refractivity contribution in [2.45, 2.75) is 12.8 Å². The van der Waals surface area contributed by atoms with E-state index in [2.05, 4.69) is 11.3 Å². The summed E-state index contributed by atoms with van der Waals surface area (Å²) < 4.78 is 9.09. The van der Waals surface area contributed by atoms with Gasteiger partial charge < -0.3 is 9.47 Å². The fourth-order valence-electron chi connectivity index (χ4n) is 0.679. The molecule has 0 aliphatic carbocycles. The molecular weight excluding hydrogens is 170 g/mol. The molecule has 0 amide bonds. The number of hydrogen-bond acceptors (Lipinski definition) is 4. The highest BCUT2D eigenvalue weighted by Crippen LogP contribution is 1.98. The Morgan fingerprint density at radius 2 is 2.08 bits per heavy atom. The van der Waals surface area contributed by atoms with E-state index >= 15 is 0 Å². The third-order valence-corrected chi connectivity index (χ3v) is 1.39. The number of nitrogens with zero attached hydrogens (tertiary/aromatic N) is 1. The number of rotatable bonds is 1. The van der Waals surface area contributed by atoms with Crippen LogP contribution in [0.4, 0.5) is 0 Å². The zero-order chi connectivity index (χ0) is 10.1. The Bertz CT molecular complexity index is 206. The highest BCUT2D eigenvalue weighted by atomic mass is 16.5. The van der Waals surface area contributed by atoms with Crippen molar-refractivity contribution in [1.29, 1.82) is 5.26 Å². The van der Waals surface area contributed by atoms with Crippen LogP contribution in [-0.4, -0.2) is 26.3 Å². The van der Waals surface area contributed by atoms with Gasteiger partial charge in [-0.15, -0.1) is 0 Å². The molecule has 0 N–H and O–H groups in total. The minimum atomic E-state index is -0.674. The van der Waals surface area contributed by atoms with Gasteiger partial charge in [0.15, 0.2) is 0 Å². The summed E-state index contributed by atoms with van der Waals surface area (Å²) in [6, 6.07) is 1.55. The zero-order valence-corrected chi connectivity index (χ0v) is 7.71. The van der Waals surface area contributed by atoms with Crippen molar-refractivity contribution < 1.29 is 14.3 Å². The van der Waals surface area contributed by atoms with Crippen LogP contribution in [-0.2, 0) is 14.3 Å². The smallest absolute Gasteiger partial charge is 0.347 e. The molecule has 0 bridgehead atoms. The number of ether oxygens (including phenoxy) is 2. The molecular formula is C9H13NO3. The predicted octanol–water partition coefficient (Wildman–Crippen LogP) is 1.04. The number of carbonyl (C=O) groups is 1. The van der Waals surface area contributed by atoms with Gasteiger partial charge in [0, 0.05) is 13.2 Å². The lowest BCUT2D eigenvalue weighted by Gasteiger charge is -1.89. The first-order valence-electron chi connectivity index (χ1n) is 3.97. The predicted molar refractivity (Wildman–Crippen MR) is 46.8 cm³/mol. The van der Waals surface area contributed by atoms with Gasteiger partial charge in [-0.1, -0.05) is 6.58 Å². The summed E-state index contributed by atoms with van der Waals surface area (Å²) in [5.41, 5.74) is -0.174. The first-order chi connectivity index (χ1) is 6.22. The summed E-state index contributed by atoms with van der Waals surface area (Å²) in [5, 5.41) is 7.99. The van der Waals surface area contributed by atoms with E-state index < -0.39 is 5.97 Å². The molecule has 0 saturated carbocycles. The van der Waals surface area contributed by atoms with Crippen molar-refractivity contribution in [3.05, 3.63) is 12.2 Å². The Balaban J connectivity index is 0.000000243. The van der Waals surface area contributed by atoms with Gasteiger partial charge >= 0.3 is 5.97 Å². The molecule has 1 heterocycles. The second kappa shape index (κ2) is 7.32. The minimum Gasteiger partial charge on any atom is -0.465 e. The van der Waals surface area contributed by atoms with Crippen LogP contribution in [0.2, 0.25) is 0 Å². The van der Waals surface area contributed by atoms with Crippen molar-refractivity contribution in [3.8, 4) is 6.07 Å². The fraction of sp³-hybridized carbons (Fsp3) is 0.556. The summed E-state index contributed by atoms with van der Waals surface area (Å²) in [6.45, 7) is 5.11. The maximum atomic E-state index is 10.2. The second-order valence-electron chi connectivity index (χ2n) is 2.40. The van der Waals surface area contributed by atoms with Gasteiger partial charge in [0.1, 0.15) is 11.6 Å². The molecule has 1 rings (SSSR count). The molecule has 0 radical (unpaired) electrons. The Kier molecular flexibility index (Phi) is 6.56. The Labute approximate surface area is 77.8 Å². The van der Waals surface area contributed by atoms with Crippen molar-refractivity contribution >= 4 is 5.97 Å². The average Bonchev–Trinajstić information content (AvgIpc) is 2.73. The number of esters is 1. The van der Waals surface area contributed by atoms with Crippen molar-refractivity contribution in [3.63, 3.8) is 0 Å². The largest absolute Gasteiger partial charge is 0.465 e. The van der Waals surface area contributed by atoms with E-state index in [0.717, 1.165) is 13.2 Å². The van der Waals surface area contributed by atoms with Gasteiger partial charge in [0.2, 0.25) is 0 Å². The molecule has 0 aromatic carbocycles. The molecule has 0 aromatic rings. The normalized spacial score (nSPS) is 13.5. The molecule has 13 heavy (non-hydrogen) atoms. The van der Waals surface area contributed by atoms with Crippen molar-refractivity contribution in [2.75, 3.05) is 20.3 Å². The topological polar surface area (TPSA) is 59.3 Å². The molecule has 0 unspecified atom stereocenters. The average molecular weight is 183 g/mol. The molecule has 1 fully saturated rings. The van der Waals surface area contributed by atoms with E-state index in [-0.39, 0.29) is 5.57 Å². The number of hydrogen-bond donors (Lipinski definition) is 0. The molecule has 1 aliphatic heterocycles. The molecule has 1 saturated heterocycles. The first-order valence-corrected chi connectivity index (χ1v) is 3.97. The van der Waals surface area contributed by atoms with Crippen LogP contribution >= 0.6 is 0 Å². The maximum absolute atomic E-state index is 10.2. The quantitative estimate of drug-likeness (QED) is 0.346. The second-order valence-corrected chi connectivity index (χ2v) is 2.40. The van der Waals surface area contributed by atoms with Crippen LogP contribution in [0.25, 0.3) is 0 Å². The molecule has 72 valence electrons. The van der Waals surface area contributed by atoms with Crippen molar-refractivity contribution in [1.82, 2.24) is 0 Å². The molecule has 0 atom stereocenters. The highest BCUT2D eigenvalue weighted by Gasteiger charge is 2.02. The summed E-state index contributed by atoms with van der Waals surface area (Å²) >= 11 is 0. The van der Waals surface area contributed by atoms with Gasteiger partial charge in [-0.3, -0.25) is 0 Å². The van der Waals surface area contributed by atoms with E-state index in [1.54, 1.807) is 6.07 Å². The van der Waals surface area contributed by atoms with Gasteiger partial charge in [0.25, 0.3) is 0 Å². The van der Waals surface area contributed by atoms with E-state index in [9.17, 15) is 4.79 Å². The highest BCUT2D eigenvalue weighted by molar-refractivity contribution is 5.91. The molecule has 0 aromatic heterocycles. The molecule has 1 aliphatic rings. The van der Waals surface area contributed by atoms with Gasteiger partial charge in [-0.05, 0) is 12.8 Å². The Hall–Kier alpha value is -1.34. The lowest BCUT2D eigenvalue weighted by molar-refractivity contribution is -0.135. The SMILES string of the molecule is C1CCOC1.C=C(C#N)C(=O)OC. The van der Waals surface area contributed by atoms with E-state index in [0.29, 0.717) is 0 Å². The fourth-order valence-corrected chi connectivity index (χ4v) is 0.679. The third kappa shape index (κ3) is 5.88. The lowest BCUT2D eigenvalue weighted by Crippen LogP contribution is -2.00. The summed E-state index contributed by atoms with van der Waals surface area (Å²) in [7, 11) is 1.20. The van der Waals surface area contributed by atoms with E-state index in [4.69, 9.17) is 10.00 Å². The van der Waals surface area contributed by atoms with E-state index in [1.807, 2.05) is 0 Å². The van der Waals surface area contributed by atoms with Crippen LogP contribution in [0, 0.1) is 11.3 Å². The van der Waals surface area contributed by atoms with E-state index in [1.165, 1.54) is 20.0 Å². The van der Waals surface area contributed by atoms with Gasteiger partial charge in [0.05, 0.1) is 7.11 Å². The van der Waals surface area contributed by atoms with Crippen molar-refractivity contribution in [2.24, 2.45) is 0 Å². The van der Waals surface area contributed by atoms with Gasteiger partial charge in [-0.2, -0.15) is 5.26 Å². The molecule has 4 heteroatoms. The Morgan fingerprint density at radius 1 is 1.54 bits per heavy atom. The Morgan fingerprint density at radius 3 is 2.23 bits per heavy atom.